The molecule has 0 aliphatic rings. The molecule has 17 heavy (non-hydrogen) atoms. The zero-order valence-electron chi connectivity index (χ0n) is 10.1. The molecule has 0 fully saturated rings. The van der Waals surface area contributed by atoms with Crippen molar-refractivity contribution < 1.29 is 8.42 Å². The molecule has 7 nitrogen and oxygen atoms in total. The van der Waals surface area contributed by atoms with Crippen LogP contribution in [0.1, 0.15) is 12.1 Å². The molecule has 1 aromatic heterocycles. The van der Waals surface area contributed by atoms with Gasteiger partial charge in [-0.25, -0.2) is 0 Å². The van der Waals surface area contributed by atoms with E-state index in [0.29, 0.717) is 25.2 Å². The molecule has 3 N–H and O–H groups in total. The van der Waals surface area contributed by atoms with Gasteiger partial charge in [-0.15, -0.1) is 0 Å². The fourth-order valence-electron chi connectivity index (χ4n) is 1.27. The van der Waals surface area contributed by atoms with Crippen molar-refractivity contribution in [2.45, 2.75) is 13.0 Å². The van der Waals surface area contributed by atoms with Gasteiger partial charge in [0.05, 0.1) is 12.2 Å². The van der Waals surface area contributed by atoms with Gasteiger partial charge in [0.1, 0.15) is 0 Å². The summed E-state index contributed by atoms with van der Waals surface area (Å²) >= 11 is 0. The van der Waals surface area contributed by atoms with Crippen LogP contribution in [0.3, 0.4) is 0 Å². The Morgan fingerprint density at radius 2 is 2.29 bits per heavy atom. The molecule has 1 rings (SSSR count). The van der Waals surface area contributed by atoms with Gasteiger partial charge in [0.25, 0.3) is 10.2 Å². The van der Waals surface area contributed by atoms with E-state index in [4.69, 9.17) is 5.73 Å². The lowest BCUT2D eigenvalue weighted by Crippen LogP contribution is -2.38. The number of nitrogens with one attached hydrogen (secondary N) is 1. The zero-order chi connectivity index (χ0) is 12.9. The van der Waals surface area contributed by atoms with Crippen LogP contribution in [0.25, 0.3) is 0 Å². The van der Waals surface area contributed by atoms with Crippen LogP contribution < -0.4 is 10.5 Å². The number of nitrogens with two attached hydrogens (primary N) is 1. The number of aromatic nitrogens is 2. The van der Waals surface area contributed by atoms with Crippen molar-refractivity contribution in [2.24, 2.45) is 12.8 Å². The molecule has 1 aromatic rings. The first kappa shape index (κ1) is 14.1. The summed E-state index contributed by atoms with van der Waals surface area (Å²) in [5.74, 6) is 0. The van der Waals surface area contributed by atoms with Gasteiger partial charge in [-0.3, -0.25) is 4.68 Å². The number of hydrogen-bond acceptors (Lipinski definition) is 4. The second-order valence-electron chi connectivity index (χ2n) is 3.77. The minimum atomic E-state index is -3.44. The molecule has 0 saturated heterocycles. The summed E-state index contributed by atoms with van der Waals surface area (Å²) in [5, 5.41) is 4.09. The van der Waals surface area contributed by atoms with Crippen LogP contribution in [0.15, 0.2) is 12.3 Å². The van der Waals surface area contributed by atoms with E-state index in [1.807, 2.05) is 0 Å². The Morgan fingerprint density at radius 3 is 2.82 bits per heavy atom. The van der Waals surface area contributed by atoms with Crippen molar-refractivity contribution in [3.63, 3.8) is 0 Å². The highest BCUT2D eigenvalue weighted by Gasteiger charge is 2.16. The highest BCUT2D eigenvalue weighted by molar-refractivity contribution is 7.87. The standard InChI is InChI=1S/C9H19N5O2S/c1-13-7-4-9(12-13)8-11-17(15,16)14(2)6-3-5-10/h4,7,11H,3,5-6,8,10H2,1-2H3. The van der Waals surface area contributed by atoms with Crippen LogP contribution in [0.5, 0.6) is 0 Å². The van der Waals surface area contributed by atoms with E-state index < -0.39 is 10.2 Å². The summed E-state index contributed by atoms with van der Waals surface area (Å²) in [6.07, 6.45) is 2.41. The van der Waals surface area contributed by atoms with Crippen molar-refractivity contribution in [1.82, 2.24) is 18.8 Å². The van der Waals surface area contributed by atoms with Crippen LogP contribution in [0, 0.1) is 0 Å². The van der Waals surface area contributed by atoms with Crippen LogP contribution >= 0.6 is 0 Å². The summed E-state index contributed by atoms with van der Waals surface area (Å²) in [7, 11) is -0.136. The van der Waals surface area contributed by atoms with E-state index >= 15 is 0 Å². The highest BCUT2D eigenvalue weighted by atomic mass is 32.2. The fourth-order valence-corrected chi connectivity index (χ4v) is 2.19. The van der Waals surface area contributed by atoms with Crippen LogP contribution in [-0.2, 0) is 23.8 Å². The lowest BCUT2D eigenvalue weighted by atomic mass is 10.4. The number of aryl methyl sites for hydroxylation is 1. The van der Waals surface area contributed by atoms with Crippen molar-refractivity contribution >= 4 is 10.2 Å². The minimum Gasteiger partial charge on any atom is -0.330 e. The normalized spacial score (nSPS) is 12.2. The average molecular weight is 261 g/mol. The van der Waals surface area contributed by atoms with Gasteiger partial charge in [0.15, 0.2) is 0 Å². The Labute approximate surface area is 102 Å². The smallest absolute Gasteiger partial charge is 0.279 e. The van der Waals surface area contributed by atoms with Crippen molar-refractivity contribution in [3.05, 3.63) is 18.0 Å². The summed E-state index contributed by atoms with van der Waals surface area (Å²) < 4.78 is 28.9. The lowest BCUT2D eigenvalue weighted by Gasteiger charge is -2.16. The van der Waals surface area contributed by atoms with Gasteiger partial charge < -0.3 is 5.73 Å². The maximum absolute atomic E-state index is 11.8. The second-order valence-corrected chi connectivity index (χ2v) is 5.63. The summed E-state index contributed by atoms with van der Waals surface area (Å²) in [4.78, 5) is 0. The summed E-state index contributed by atoms with van der Waals surface area (Å²) in [5.41, 5.74) is 6.02. The topological polar surface area (TPSA) is 93.2 Å². The van der Waals surface area contributed by atoms with Crippen LogP contribution in [-0.4, -0.2) is 42.6 Å². The third-order valence-electron chi connectivity index (χ3n) is 2.29. The Kier molecular flexibility index (Phi) is 5.06. The second kappa shape index (κ2) is 6.10. The molecule has 0 unspecified atom stereocenters. The van der Waals surface area contributed by atoms with Gasteiger partial charge in [0.2, 0.25) is 0 Å². The molecule has 0 aliphatic carbocycles. The molecule has 0 spiro atoms. The predicted octanol–water partition coefficient (Wildman–Crippen LogP) is -0.965. The Morgan fingerprint density at radius 1 is 1.59 bits per heavy atom. The molecule has 8 heteroatoms. The van der Waals surface area contributed by atoms with Crippen molar-refractivity contribution in [3.8, 4) is 0 Å². The number of hydrogen-bond donors (Lipinski definition) is 2. The average Bonchev–Trinajstić information content (AvgIpc) is 2.69. The van der Waals surface area contributed by atoms with E-state index in [-0.39, 0.29) is 6.54 Å². The Hall–Kier alpha value is -0.960. The Bertz CT molecular complexity index is 442. The number of rotatable bonds is 7. The third kappa shape index (κ3) is 4.43. The van der Waals surface area contributed by atoms with E-state index in [2.05, 4.69) is 9.82 Å². The summed E-state index contributed by atoms with van der Waals surface area (Å²) in [6, 6.07) is 1.77. The van der Waals surface area contributed by atoms with Gasteiger partial charge in [-0.2, -0.15) is 22.5 Å². The molecular formula is C9H19N5O2S. The number of nitrogens with zero attached hydrogens (tertiary/aromatic N) is 3. The van der Waals surface area contributed by atoms with Gasteiger partial charge >= 0.3 is 0 Å². The quantitative estimate of drug-likeness (QED) is 0.661. The van der Waals surface area contributed by atoms with Crippen molar-refractivity contribution in [2.75, 3.05) is 20.1 Å². The van der Waals surface area contributed by atoms with Crippen molar-refractivity contribution in [1.29, 1.82) is 0 Å². The van der Waals surface area contributed by atoms with Crippen LogP contribution in [0.2, 0.25) is 0 Å². The van der Waals surface area contributed by atoms with Crippen LogP contribution in [0.4, 0.5) is 0 Å². The van der Waals surface area contributed by atoms with E-state index in [9.17, 15) is 8.42 Å². The van der Waals surface area contributed by atoms with E-state index in [1.54, 1.807) is 24.0 Å². The first-order chi connectivity index (χ1) is 7.95. The molecule has 0 amide bonds. The van der Waals surface area contributed by atoms with Gasteiger partial charge in [0, 0.05) is 26.8 Å². The first-order valence-corrected chi connectivity index (χ1v) is 6.79. The van der Waals surface area contributed by atoms with Gasteiger partial charge in [-0.05, 0) is 19.0 Å². The monoisotopic (exact) mass is 261 g/mol. The maximum atomic E-state index is 11.8. The molecule has 98 valence electrons. The molecule has 0 aromatic carbocycles. The molecule has 0 saturated carbocycles. The zero-order valence-corrected chi connectivity index (χ0v) is 10.9. The molecule has 0 bridgehead atoms. The molecule has 0 aliphatic heterocycles. The SMILES string of the molecule is CN(CCCN)S(=O)(=O)NCc1ccn(C)n1. The minimum absolute atomic E-state index is 0.191. The molecular weight excluding hydrogens is 242 g/mol. The molecule has 0 atom stereocenters. The molecule has 0 radical (unpaired) electrons. The highest BCUT2D eigenvalue weighted by Crippen LogP contribution is 1.99. The predicted molar refractivity (Wildman–Crippen MR) is 65.3 cm³/mol. The van der Waals surface area contributed by atoms with E-state index in [1.165, 1.54) is 11.4 Å². The van der Waals surface area contributed by atoms with E-state index in [0.717, 1.165) is 0 Å². The first-order valence-electron chi connectivity index (χ1n) is 5.35. The lowest BCUT2D eigenvalue weighted by molar-refractivity contribution is 0.452. The van der Waals surface area contributed by atoms with Gasteiger partial charge in [-0.1, -0.05) is 0 Å². The molecule has 1 heterocycles. The Balaban J connectivity index is 2.49. The largest absolute Gasteiger partial charge is 0.330 e. The summed E-state index contributed by atoms with van der Waals surface area (Å²) in [6.45, 7) is 1.07. The maximum Gasteiger partial charge on any atom is 0.279 e. The fraction of sp³-hybridized carbons (Fsp3) is 0.667. The third-order valence-corrected chi connectivity index (χ3v) is 3.80.